The van der Waals surface area contributed by atoms with Gasteiger partial charge in [-0.3, -0.25) is 9.59 Å². The van der Waals surface area contributed by atoms with Gasteiger partial charge in [-0.1, -0.05) is 6.07 Å². The second-order valence-corrected chi connectivity index (χ2v) is 9.10. The summed E-state index contributed by atoms with van der Waals surface area (Å²) in [7, 11) is 0. The van der Waals surface area contributed by atoms with Crippen LogP contribution in [0.5, 0.6) is 0 Å². The number of anilines is 1. The van der Waals surface area contributed by atoms with Gasteiger partial charge in [0.05, 0.1) is 17.7 Å². The van der Waals surface area contributed by atoms with E-state index in [1.165, 1.54) is 0 Å². The highest BCUT2D eigenvalue weighted by molar-refractivity contribution is 6.04. The van der Waals surface area contributed by atoms with Crippen molar-refractivity contribution in [2.24, 2.45) is 0 Å². The zero-order valence-corrected chi connectivity index (χ0v) is 19.6. The minimum Gasteiger partial charge on any atom is -0.438 e. The Bertz CT molecular complexity index is 1620. The zero-order chi connectivity index (χ0) is 25.7. The first-order valence-corrected chi connectivity index (χ1v) is 11.6. The summed E-state index contributed by atoms with van der Waals surface area (Å²) in [6.07, 6.45) is 2.99. The number of benzene rings is 2. The third-order valence-electron chi connectivity index (χ3n) is 6.80. The molecule has 2 aromatic heterocycles. The Morgan fingerprint density at radius 3 is 2.58 bits per heavy atom. The van der Waals surface area contributed by atoms with Crippen LogP contribution in [0, 0.1) is 30.4 Å². The fourth-order valence-electron chi connectivity index (χ4n) is 4.95. The van der Waals surface area contributed by atoms with E-state index >= 15 is 0 Å². The predicted octanol–water partition coefficient (Wildman–Crippen LogP) is 4.58. The number of oxazole rings is 1. The van der Waals surface area contributed by atoms with E-state index in [0.29, 0.717) is 46.5 Å². The van der Waals surface area contributed by atoms with Crippen LogP contribution in [-0.4, -0.2) is 26.9 Å². The number of pyridine rings is 1. The highest BCUT2D eigenvalue weighted by Gasteiger charge is 2.31. The summed E-state index contributed by atoms with van der Waals surface area (Å²) in [5.41, 5.74) is 7.34. The molecular formula is C26H23F2N5O3. The molecule has 10 heteroatoms. The molecule has 184 valence electrons. The lowest BCUT2D eigenvalue weighted by molar-refractivity contribution is -0.128. The Morgan fingerprint density at radius 2 is 1.92 bits per heavy atom. The molecule has 1 saturated heterocycles. The number of likely N-dealkylation sites (tertiary alicyclic amines) is 1. The first kappa shape index (κ1) is 23.5. The second kappa shape index (κ2) is 8.75. The van der Waals surface area contributed by atoms with E-state index in [-0.39, 0.29) is 40.8 Å². The molecule has 0 spiro atoms. The van der Waals surface area contributed by atoms with Crippen LogP contribution in [0.1, 0.15) is 43.2 Å². The maximum Gasteiger partial charge on any atom is 0.281 e. The number of rotatable bonds is 4. The summed E-state index contributed by atoms with van der Waals surface area (Å²) in [6, 6.07) is 5.51. The maximum absolute atomic E-state index is 14.8. The fraction of sp³-hybridized carbons (Fsp3) is 0.308. The molecule has 36 heavy (non-hydrogen) atoms. The SMILES string of the molecule is C#N.Cc1c(-c2cc(F)c(N)cc2F)ccc2c3oc(CN4CCCC4=O)nc3c(=O)n(C3CC3)c12. The van der Waals surface area contributed by atoms with Crippen molar-refractivity contribution in [2.75, 3.05) is 12.3 Å². The smallest absolute Gasteiger partial charge is 0.281 e. The number of hydrogen-bond donors (Lipinski definition) is 1. The van der Waals surface area contributed by atoms with Crippen LogP contribution in [0.2, 0.25) is 0 Å². The predicted molar refractivity (Wildman–Crippen MR) is 130 cm³/mol. The van der Waals surface area contributed by atoms with Gasteiger partial charge in [0.25, 0.3) is 5.56 Å². The van der Waals surface area contributed by atoms with Gasteiger partial charge in [0.1, 0.15) is 11.6 Å². The minimum atomic E-state index is -0.706. The van der Waals surface area contributed by atoms with Crippen molar-refractivity contribution >= 4 is 33.6 Å². The molecule has 1 aliphatic carbocycles. The van der Waals surface area contributed by atoms with Gasteiger partial charge in [0.15, 0.2) is 11.1 Å². The molecule has 2 fully saturated rings. The Morgan fingerprint density at radius 1 is 1.17 bits per heavy atom. The molecule has 8 nitrogen and oxygen atoms in total. The molecule has 3 heterocycles. The van der Waals surface area contributed by atoms with E-state index in [9.17, 15) is 18.4 Å². The number of fused-ring (bicyclic) bond motifs is 3. The molecular weight excluding hydrogens is 468 g/mol. The van der Waals surface area contributed by atoms with E-state index in [0.717, 1.165) is 31.4 Å². The zero-order valence-electron chi connectivity index (χ0n) is 19.6. The van der Waals surface area contributed by atoms with Gasteiger partial charge in [0, 0.05) is 42.6 Å². The Labute approximate surface area is 204 Å². The number of nitrogens with two attached hydrogens (primary N) is 1. The van der Waals surface area contributed by atoms with E-state index in [1.807, 2.05) is 0 Å². The standard InChI is InChI=1S/C25H22F2N4O3.CHN/c1-12-14(16-9-18(27)19(28)10-17(16)26)6-7-15-23(12)31(13-4-5-13)25(33)22-24(15)34-20(29-22)11-30-8-2-3-21(30)32;1-2/h6-7,9-10,13H,2-5,8,11,28H2,1H3;1H. The largest absolute Gasteiger partial charge is 0.438 e. The summed E-state index contributed by atoms with van der Waals surface area (Å²) >= 11 is 0. The number of halogens is 2. The molecule has 1 saturated carbocycles. The second-order valence-electron chi connectivity index (χ2n) is 9.10. The van der Waals surface area contributed by atoms with Gasteiger partial charge < -0.3 is 19.6 Å². The topological polar surface area (TPSA) is 118 Å². The molecule has 1 amide bonds. The summed E-state index contributed by atoms with van der Waals surface area (Å²) in [6.45, 7) is 6.14. The van der Waals surface area contributed by atoms with Crippen LogP contribution < -0.4 is 11.3 Å². The quantitative estimate of drug-likeness (QED) is 0.418. The van der Waals surface area contributed by atoms with Crippen molar-refractivity contribution in [3.8, 4) is 17.7 Å². The minimum absolute atomic E-state index is 0.0154. The van der Waals surface area contributed by atoms with Crippen LogP contribution in [0.25, 0.3) is 33.1 Å². The number of nitrogen functional groups attached to an aromatic ring is 1. The van der Waals surface area contributed by atoms with E-state index in [2.05, 4.69) is 11.6 Å². The lowest BCUT2D eigenvalue weighted by Gasteiger charge is -2.16. The highest BCUT2D eigenvalue weighted by Crippen LogP contribution is 2.41. The van der Waals surface area contributed by atoms with E-state index in [1.54, 1.807) is 28.5 Å². The monoisotopic (exact) mass is 491 g/mol. The third-order valence-corrected chi connectivity index (χ3v) is 6.80. The number of carbonyl (C=O) groups excluding carboxylic acids is 1. The van der Waals surface area contributed by atoms with Crippen molar-refractivity contribution in [1.29, 1.82) is 5.26 Å². The number of nitrogens with zero attached hydrogens (tertiary/aromatic N) is 4. The van der Waals surface area contributed by atoms with Crippen LogP contribution in [0.15, 0.2) is 33.5 Å². The molecule has 0 radical (unpaired) electrons. The highest BCUT2D eigenvalue weighted by atomic mass is 19.1. The van der Waals surface area contributed by atoms with Crippen molar-refractivity contribution < 1.29 is 18.0 Å². The fourth-order valence-corrected chi connectivity index (χ4v) is 4.95. The summed E-state index contributed by atoms with van der Waals surface area (Å²) in [4.78, 5) is 31.7. The average molecular weight is 491 g/mol. The maximum atomic E-state index is 14.8. The normalized spacial score (nSPS) is 15.5. The van der Waals surface area contributed by atoms with Gasteiger partial charge in [-0.05, 0) is 49.4 Å². The molecule has 0 unspecified atom stereocenters. The van der Waals surface area contributed by atoms with Gasteiger partial charge in [-0.25, -0.2) is 19.0 Å². The van der Waals surface area contributed by atoms with Crippen LogP contribution >= 0.6 is 0 Å². The van der Waals surface area contributed by atoms with Crippen molar-refractivity contribution in [1.82, 2.24) is 14.5 Å². The molecule has 2 N–H and O–H groups in total. The average Bonchev–Trinajstić information content (AvgIpc) is 3.48. The number of carbonyl (C=O) groups is 1. The summed E-state index contributed by atoms with van der Waals surface area (Å²) < 4.78 is 36.7. The number of amides is 1. The molecule has 0 atom stereocenters. The Hall–Kier alpha value is -4.26. The van der Waals surface area contributed by atoms with Crippen molar-refractivity contribution in [3.05, 3.63) is 57.7 Å². The van der Waals surface area contributed by atoms with E-state index < -0.39 is 11.6 Å². The number of aromatic nitrogens is 2. The molecule has 1 aliphatic heterocycles. The molecule has 0 bridgehead atoms. The van der Waals surface area contributed by atoms with Gasteiger partial charge >= 0.3 is 0 Å². The third kappa shape index (κ3) is 3.68. The molecule has 6 rings (SSSR count). The van der Waals surface area contributed by atoms with Crippen molar-refractivity contribution in [2.45, 2.75) is 45.2 Å². The molecule has 2 aliphatic rings. The number of hydrogen-bond acceptors (Lipinski definition) is 6. The first-order chi connectivity index (χ1) is 17.3. The van der Waals surface area contributed by atoms with Gasteiger partial charge in [0.2, 0.25) is 11.8 Å². The van der Waals surface area contributed by atoms with Crippen LogP contribution in [-0.2, 0) is 11.3 Å². The van der Waals surface area contributed by atoms with Crippen LogP contribution in [0.3, 0.4) is 0 Å². The van der Waals surface area contributed by atoms with Crippen molar-refractivity contribution in [3.63, 3.8) is 0 Å². The summed E-state index contributed by atoms with van der Waals surface area (Å²) in [5.74, 6) is -0.992. The van der Waals surface area contributed by atoms with Gasteiger partial charge in [-0.15, -0.1) is 0 Å². The summed E-state index contributed by atoms with van der Waals surface area (Å²) in [5, 5.41) is 7.17. The molecule has 2 aromatic carbocycles. The molecule has 4 aromatic rings. The van der Waals surface area contributed by atoms with Crippen LogP contribution in [0.4, 0.5) is 14.5 Å². The number of nitriles is 1. The van der Waals surface area contributed by atoms with E-state index in [4.69, 9.17) is 15.4 Å². The van der Waals surface area contributed by atoms with Gasteiger partial charge in [-0.2, -0.15) is 0 Å². The number of aryl methyl sites for hydroxylation is 1. The Kier molecular flexibility index (Phi) is 5.71. The lowest BCUT2D eigenvalue weighted by atomic mass is 9.96. The lowest BCUT2D eigenvalue weighted by Crippen LogP contribution is -2.24. The Balaban J connectivity index is 0.00000130. The first-order valence-electron chi connectivity index (χ1n) is 11.6.